The highest BCUT2D eigenvalue weighted by Crippen LogP contribution is 2.44. The second kappa shape index (κ2) is 10.5. The van der Waals surface area contributed by atoms with Gasteiger partial charge in [-0.2, -0.15) is 13.2 Å². The van der Waals surface area contributed by atoms with E-state index in [-0.39, 0.29) is 38.6 Å². The predicted octanol–water partition coefficient (Wildman–Crippen LogP) is 4.68. The van der Waals surface area contributed by atoms with Gasteiger partial charge in [0.2, 0.25) is 5.82 Å². The summed E-state index contributed by atoms with van der Waals surface area (Å²) in [7, 11) is -3.46. The maximum atomic E-state index is 14.0. The number of hydrogen-bond donors (Lipinski definition) is 2. The molecule has 1 aromatic heterocycles. The number of carbonyl (C=O) groups excluding carboxylic acids is 1. The van der Waals surface area contributed by atoms with Gasteiger partial charge in [-0.3, -0.25) is 4.79 Å². The van der Waals surface area contributed by atoms with Gasteiger partial charge in [0, 0.05) is 11.1 Å². The van der Waals surface area contributed by atoms with Crippen LogP contribution in [0.15, 0.2) is 65.6 Å². The molecule has 3 aromatic carbocycles. The topological polar surface area (TPSA) is 120 Å². The van der Waals surface area contributed by atoms with Crippen molar-refractivity contribution in [3.8, 4) is 11.5 Å². The Hall–Kier alpha value is -4.24. The van der Waals surface area contributed by atoms with Crippen molar-refractivity contribution in [1.82, 2.24) is 14.9 Å². The Bertz CT molecular complexity index is 1770. The minimum absolute atomic E-state index is 0.0140. The van der Waals surface area contributed by atoms with Crippen LogP contribution in [0.5, 0.6) is 11.5 Å². The molecule has 4 aromatic rings. The van der Waals surface area contributed by atoms with Crippen LogP contribution in [-0.2, 0) is 22.6 Å². The van der Waals surface area contributed by atoms with Crippen LogP contribution < -0.4 is 14.8 Å². The van der Waals surface area contributed by atoms with Gasteiger partial charge in [-0.1, -0.05) is 31.2 Å². The molecule has 15 heteroatoms. The Balaban J connectivity index is 1.44. The van der Waals surface area contributed by atoms with Gasteiger partial charge < -0.3 is 24.5 Å². The molecule has 1 unspecified atom stereocenters. The SMILES string of the molecule is CCS(=O)(=O)c1ccc(C(CO)NC(=O)c2ccc3c(c2)nc(C(F)(F)F)n3Cc2cccc3c2OC(F)(F)O3)cc1. The van der Waals surface area contributed by atoms with Crippen molar-refractivity contribution >= 4 is 26.8 Å². The van der Waals surface area contributed by atoms with Crippen LogP contribution >= 0.6 is 0 Å². The minimum atomic E-state index is -4.93. The van der Waals surface area contributed by atoms with Crippen LogP contribution in [0.4, 0.5) is 22.0 Å². The largest absolute Gasteiger partial charge is 0.586 e. The number of carbonyl (C=O) groups is 1. The molecular formula is C27H22F5N3O6S. The van der Waals surface area contributed by atoms with E-state index in [1.54, 1.807) is 0 Å². The van der Waals surface area contributed by atoms with E-state index in [2.05, 4.69) is 19.8 Å². The highest BCUT2D eigenvalue weighted by molar-refractivity contribution is 7.91. The summed E-state index contributed by atoms with van der Waals surface area (Å²) in [5, 5.41) is 12.4. The van der Waals surface area contributed by atoms with Crippen molar-refractivity contribution < 1.29 is 49.7 Å². The fourth-order valence-electron chi connectivity index (χ4n) is 4.52. The lowest BCUT2D eigenvalue weighted by atomic mass is 10.1. The number of halogens is 5. The summed E-state index contributed by atoms with van der Waals surface area (Å²) >= 11 is 0. The second-order valence-electron chi connectivity index (χ2n) is 9.32. The molecule has 9 nitrogen and oxygen atoms in total. The summed E-state index contributed by atoms with van der Waals surface area (Å²) in [5.74, 6) is -2.89. The molecule has 5 rings (SSSR count). The first-order chi connectivity index (χ1) is 19.7. The van der Waals surface area contributed by atoms with Crippen molar-refractivity contribution in [2.75, 3.05) is 12.4 Å². The number of sulfone groups is 1. The van der Waals surface area contributed by atoms with E-state index >= 15 is 0 Å². The molecule has 0 saturated heterocycles. The number of para-hydroxylation sites is 1. The molecule has 2 heterocycles. The number of aliphatic hydroxyl groups excluding tert-OH is 1. The van der Waals surface area contributed by atoms with Crippen LogP contribution in [0.2, 0.25) is 0 Å². The van der Waals surface area contributed by atoms with E-state index in [0.717, 1.165) is 10.6 Å². The Morgan fingerprint density at radius 2 is 1.81 bits per heavy atom. The number of rotatable bonds is 8. The Morgan fingerprint density at radius 1 is 1.10 bits per heavy atom. The summed E-state index contributed by atoms with van der Waals surface area (Å²) in [5.41, 5.74) is 0.0902. The van der Waals surface area contributed by atoms with Crippen molar-refractivity contribution in [2.45, 2.75) is 36.9 Å². The van der Waals surface area contributed by atoms with Crippen molar-refractivity contribution in [2.24, 2.45) is 0 Å². The number of ether oxygens (including phenoxy) is 2. The quantitative estimate of drug-likeness (QED) is 0.278. The maximum absolute atomic E-state index is 14.0. The molecule has 0 aliphatic carbocycles. The normalized spacial score (nSPS) is 15.1. The fourth-order valence-corrected chi connectivity index (χ4v) is 5.40. The summed E-state index contributed by atoms with van der Waals surface area (Å²) in [6, 6.07) is 12.1. The van der Waals surface area contributed by atoms with Gasteiger partial charge in [-0.25, -0.2) is 13.4 Å². The molecule has 1 amide bonds. The highest BCUT2D eigenvalue weighted by atomic mass is 32.2. The van der Waals surface area contributed by atoms with E-state index in [9.17, 15) is 40.3 Å². The Kier molecular flexibility index (Phi) is 7.35. The molecule has 0 bridgehead atoms. The third kappa shape index (κ3) is 5.61. The minimum Gasteiger partial charge on any atom is -0.395 e. The molecule has 1 atom stereocenters. The molecule has 1 aliphatic rings. The van der Waals surface area contributed by atoms with Gasteiger partial charge in [-0.05, 0) is 42.0 Å². The lowest BCUT2D eigenvalue weighted by Crippen LogP contribution is -2.30. The Morgan fingerprint density at radius 3 is 2.45 bits per heavy atom. The van der Waals surface area contributed by atoms with Crippen LogP contribution in [0.25, 0.3) is 11.0 Å². The number of amides is 1. The number of nitrogens with zero attached hydrogens (tertiary/aromatic N) is 2. The van der Waals surface area contributed by atoms with E-state index < -0.39 is 59.0 Å². The number of aromatic nitrogens is 2. The fraction of sp³-hybridized carbons (Fsp3) is 0.259. The maximum Gasteiger partial charge on any atom is 0.586 e. The number of hydrogen-bond acceptors (Lipinski definition) is 7. The van der Waals surface area contributed by atoms with Crippen molar-refractivity contribution in [3.63, 3.8) is 0 Å². The third-order valence-electron chi connectivity index (χ3n) is 6.61. The molecule has 0 radical (unpaired) electrons. The molecule has 42 heavy (non-hydrogen) atoms. The van der Waals surface area contributed by atoms with Crippen LogP contribution in [0, 0.1) is 0 Å². The first kappa shape index (κ1) is 29.3. The molecule has 0 saturated carbocycles. The number of alkyl halides is 5. The van der Waals surface area contributed by atoms with Crippen molar-refractivity contribution in [3.05, 3.63) is 83.2 Å². The van der Waals surface area contributed by atoms with Gasteiger partial charge in [0.05, 0.1) is 40.9 Å². The van der Waals surface area contributed by atoms with Gasteiger partial charge in [-0.15, -0.1) is 8.78 Å². The number of imidazole rings is 1. The standard InChI is InChI=1S/C27H22F5N3O6S/c1-2-42(38,39)18-9-6-15(7-10-18)20(14-36)33-24(37)16-8-11-21-19(12-16)34-25(26(28,29)30)35(21)13-17-4-3-5-22-23(17)41-27(31,32)40-22/h3-12,20,36H,2,13-14H2,1H3,(H,33,37). The van der Waals surface area contributed by atoms with E-state index in [1.807, 2.05) is 0 Å². The monoisotopic (exact) mass is 611 g/mol. The first-order valence-electron chi connectivity index (χ1n) is 12.4. The summed E-state index contributed by atoms with van der Waals surface area (Å²) in [6.07, 6.45) is -8.90. The number of nitrogens with one attached hydrogen (secondary N) is 1. The van der Waals surface area contributed by atoms with Crippen LogP contribution in [-0.4, -0.2) is 47.6 Å². The van der Waals surface area contributed by atoms with E-state index in [4.69, 9.17) is 0 Å². The summed E-state index contributed by atoms with van der Waals surface area (Å²) < 4.78 is 103. The van der Waals surface area contributed by atoms with Crippen molar-refractivity contribution in [1.29, 1.82) is 0 Å². The number of benzene rings is 3. The summed E-state index contributed by atoms with van der Waals surface area (Å²) in [4.78, 5) is 16.7. The van der Waals surface area contributed by atoms with E-state index in [0.29, 0.717) is 5.56 Å². The van der Waals surface area contributed by atoms with Crippen LogP contribution in [0.3, 0.4) is 0 Å². The second-order valence-corrected chi connectivity index (χ2v) is 11.6. The third-order valence-corrected chi connectivity index (χ3v) is 8.36. The Labute approximate surface area is 235 Å². The number of aliphatic hydroxyl groups is 1. The molecule has 0 fully saturated rings. The first-order valence-corrected chi connectivity index (χ1v) is 14.1. The lowest BCUT2D eigenvalue weighted by molar-refractivity contribution is -0.287. The lowest BCUT2D eigenvalue weighted by Gasteiger charge is -2.17. The average molecular weight is 612 g/mol. The average Bonchev–Trinajstić information content (AvgIpc) is 3.47. The predicted molar refractivity (Wildman–Crippen MR) is 138 cm³/mol. The highest BCUT2D eigenvalue weighted by Gasteiger charge is 2.45. The molecular weight excluding hydrogens is 589 g/mol. The molecule has 222 valence electrons. The van der Waals surface area contributed by atoms with Crippen LogP contribution in [0.1, 0.15) is 40.3 Å². The zero-order valence-electron chi connectivity index (χ0n) is 21.7. The van der Waals surface area contributed by atoms with E-state index in [1.165, 1.54) is 61.5 Å². The molecule has 1 aliphatic heterocycles. The zero-order valence-corrected chi connectivity index (χ0v) is 22.5. The van der Waals surface area contributed by atoms with Gasteiger partial charge in [0.25, 0.3) is 5.91 Å². The molecule has 0 spiro atoms. The smallest absolute Gasteiger partial charge is 0.395 e. The number of fused-ring (bicyclic) bond motifs is 2. The van der Waals surface area contributed by atoms with Gasteiger partial charge in [0.15, 0.2) is 21.3 Å². The van der Waals surface area contributed by atoms with Gasteiger partial charge >= 0.3 is 12.5 Å². The van der Waals surface area contributed by atoms with Gasteiger partial charge in [0.1, 0.15) is 0 Å². The molecule has 2 N–H and O–H groups in total. The zero-order chi connectivity index (χ0) is 30.4. The summed E-state index contributed by atoms with van der Waals surface area (Å²) in [6.45, 7) is 0.401.